The lowest BCUT2D eigenvalue weighted by atomic mass is 10.1. The van der Waals surface area contributed by atoms with E-state index in [4.69, 9.17) is 0 Å². The van der Waals surface area contributed by atoms with Crippen molar-refractivity contribution in [3.05, 3.63) is 0 Å². The van der Waals surface area contributed by atoms with Gasteiger partial charge >= 0.3 is 0 Å². The quantitative estimate of drug-likeness (QED) is 0.269. The fourth-order valence-electron chi connectivity index (χ4n) is 2.89. The number of hydrogen-bond acceptors (Lipinski definition) is 0. The smallest absolute Gasteiger partial charge is 0.108 e. The molecule has 0 radical (unpaired) electrons. The maximum atomic E-state index is 2.30. The third-order valence-corrected chi connectivity index (χ3v) is 6.75. The standard InChI is InChI=1S/C17H35S.HI/c1-2-3-4-5-6-7-8-9-10-11-12-15-18-16-13-14-17-18;/h2-17H2,1H3;1H/q+1;/p-1. The minimum atomic E-state index is 0. The minimum absolute atomic E-state index is 0. The van der Waals surface area contributed by atoms with Crippen molar-refractivity contribution in [2.24, 2.45) is 0 Å². The molecule has 0 aromatic rings. The van der Waals surface area contributed by atoms with Crippen LogP contribution < -0.4 is 24.0 Å². The van der Waals surface area contributed by atoms with Gasteiger partial charge in [0.25, 0.3) is 0 Å². The summed E-state index contributed by atoms with van der Waals surface area (Å²) in [5, 5.41) is 0. The number of halogens is 1. The molecule has 0 nitrogen and oxygen atoms in total. The monoisotopic (exact) mass is 398 g/mol. The molecular weight excluding hydrogens is 363 g/mol. The lowest BCUT2D eigenvalue weighted by molar-refractivity contribution is -0.00000398. The van der Waals surface area contributed by atoms with Gasteiger partial charge in [0, 0.05) is 0 Å². The third kappa shape index (κ3) is 12.5. The molecule has 0 aliphatic carbocycles. The Morgan fingerprint density at radius 1 is 0.632 bits per heavy atom. The van der Waals surface area contributed by atoms with Gasteiger partial charge in [-0.3, -0.25) is 0 Å². The largest absolute Gasteiger partial charge is 1.00 e. The van der Waals surface area contributed by atoms with E-state index in [1.54, 1.807) is 17.3 Å². The highest BCUT2D eigenvalue weighted by molar-refractivity contribution is 7.97. The van der Waals surface area contributed by atoms with Crippen LogP contribution in [0.15, 0.2) is 0 Å². The highest BCUT2D eigenvalue weighted by Crippen LogP contribution is 2.16. The second-order valence-corrected chi connectivity index (χ2v) is 8.42. The zero-order valence-electron chi connectivity index (χ0n) is 13.1. The van der Waals surface area contributed by atoms with E-state index in [2.05, 4.69) is 6.92 Å². The van der Waals surface area contributed by atoms with Crippen LogP contribution in [-0.4, -0.2) is 17.3 Å². The van der Waals surface area contributed by atoms with E-state index in [-0.39, 0.29) is 24.0 Å². The van der Waals surface area contributed by atoms with Crippen molar-refractivity contribution in [1.29, 1.82) is 0 Å². The van der Waals surface area contributed by atoms with Crippen molar-refractivity contribution in [2.45, 2.75) is 90.4 Å². The van der Waals surface area contributed by atoms with Crippen LogP contribution in [0.2, 0.25) is 0 Å². The Kier molecular flexibility index (Phi) is 16.3. The molecule has 1 aliphatic rings. The summed E-state index contributed by atoms with van der Waals surface area (Å²) in [5.74, 6) is 4.70. The van der Waals surface area contributed by atoms with Gasteiger partial charge in [-0.25, -0.2) is 0 Å². The Morgan fingerprint density at radius 2 is 1.05 bits per heavy atom. The molecule has 1 aliphatic heterocycles. The van der Waals surface area contributed by atoms with E-state index < -0.39 is 0 Å². The predicted molar refractivity (Wildman–Crippen MR) is 87.7 cm³/mol. The number of rotatable bonds is 12. The molecule has 0 unspecified atom stereocenters. The molecular formula is C17H35IS. The Balaban J connectivity index is 0.00000324. The molecule has 0 N–H and O–H groups in total. The first-order valence-electron chi connectivity index (χ1n) is 8.57. The summed E-state index contributed by atoms with van der Waals surface area (Å²) in [6, 6.07) is 0. The van der Waals surface area contributed by atoms with Crippen molar-refractivity contribution in [2.75, 3.05) is 17.3 Å². The lowest BCUT2D eigenvalue weighted by Gasteiger charge is -2.03. The highest BCUT2D eigenvalue weighted by atomic mass is 127. The van der Waals surface area contributed by atoms with Crippen LogP contribution in [-0.2, 0) is 10.9 Å². The van der Waals surface area contributed by atoms with Gasteiger partial charge in [0.15, 0.2) is 0 Å². The lowest BCUT2D eigenvalue weighted by Crippen LogP contribution is -3.00. The van der Waals surface area contributed by atoms with Gasteiger partial charge in [-0.05, 0) is 36.6 Å². The second kappa shape index (κ2) is 15.5. The zero-order chi connectivity index (χ0) is 12.9. The van der Waals surface area contributed by atoms with Crippen LogP contribution in [0.1, 0.15) is 90.4 Å². The highest BCUT2D eigenvalue weighted by Gasteiger charge is 2.22. The molecule has 1 fully saturated rings. The van der Waals surface area contributed by atoms with Crippen LogP contribution >= 0.6 is 0 Å². The minimum Gasteiger partial charge on any atom is -1.00 e. The first kappa shape index (κ1) is 20.1. The van der Waals surface area contributed by atoms with Gasteiger partial charge in [-0.2, -0.15) is 0 Å². The molecule has 0 atom stereocenters. The van der Waals surface area contributed by atoms with Gasteiger partial charge in [0.2, 0.25) is 0 Å². The normalized spacial score (nSPS) is 15.6. The molecule has 0 saturated carbocycles. The van der Waals surface area contributed by atoms with E-state index in [0.717, 1.165) is 10.9 Å². The predicted octanol–water partition coefficient (Wildman–Crippen LogP) is 2.71. The van der Waals surface area contributed by atoms with Gasteiger partial charge in [0.05, 0.1) is 0 Å². The molecule has 116 valence electrons. The van der Waals surface area contributed by atoms with E-state index in [1.165, 1.54) is 83.5 Å². The summed E-state index contributed by atoms with van der Waals surface area (Å²) in [6.07, 6.45) is 19.4. The molecule has 0 bridgehead atoms. The summed E-state index contributed by atoms with van der Waals surface area (Å²) in [6.45, 7) is 2.30. The van der Waals surface area contributed by atoms with E-state index >= 15 is 0 Å². The number of unbranched alkanes of at least 4 members (excludes halogenated alkanes) is 10. The SMILES string of the molecule is CCCCCCCCCCCCC[S+]1CCCC1.[I-]. The van der Waals surface area contributed by atoms with E-state index in [0.29, 0.717) is 0 Å². The van der Waals surface area contributed by atoms with Gasteiger partial charge in [-0.1, -0.05) is 64.7 Å². The van der Waals surface area contributed by atoms with Crippen molar-refractivity contribution in [1.82, 2.24) is 0 Å². The second-order valence-electron chi connectivity index (χ2n) is 5.97. The Labute approximate surface area is 142 Å². The molecule has 19 heavy (non-hydrogen) atoms. The third-order valence-electron chi connectivity index (χ3n) is 4.15. The van der Waals surface area contributed by atoms with Crippen LogP contribution in [0.25, 0.3) is 0 Å². The maximum absolute atomic E-state index is 2.30. The Morgan fingerprint density at radius 3 is 1.53 bits per heavy atom. The first-order valence-corrected chi connectivity index (χ1v) is 10.3. The zero-order valence-corrected chi connectivity index (χ0v) is 16.1. The summed E-state index contributed by atoms with van der Waals surface area (Å²) >= 11 is 0. The molecule has 0 aromatic heterocycles. The van der Waals surface area contributed by atoms with E-state index in [1.807, 2.05) is 0 Å². The molecule has 0 spiro atoms. The maximum Gasteiger partial charge on any atom is 0.108 e. The fraction of sp³-hybridized carbons (Fsp3) is 1.00. The van der Waals surface area contributed by atoms with Crippen molar-refractivity contribution >= 4 is 10.9 Å². The Hall–Kier alpha value is 1.08. The van der Waals surface area contributed by atoms with Gasteiger partial charge in [0.1, 0.15) is 17.3 Å². The molecule has 2 heteroatoms. The summed E-state index contributed by atoms with van der Waals surface area (Å²) < 4.78 is 0. The van der Waals surface area contributed by atoms with Crippen LogP contribution in [0.3, 0.4) is 0 Å². The Bertz CT molecular complexity index is 167. The van der Waals surface area contributed by atoms with Gasteiger partial charge < -0.3 is 24.0 Å². The molecule has 1 heterocycles. The summed E-state index contributed by atoms with van der Waals surface area (Å²) in [7, 11) is 0.859. The first-order chi connectivity index (χ1) is 8.93. The summed E-state index contributed by atoms with van der Waals surface area (Å²) in [5.41, 5.74) is 0. The van der Waals surface area contributed by atoms with Crippen molar-refractivity contribution in [3.63, 3.8) is 0 Å². The number of hydrogen-bond donors (Lipinski definition) is 0. The fourth-order valence-corrected chi connectivity index (χ4v) is 5.34. The molecule has 1 rings (SSSR count). The van der Waals surface area contributed by atoms with Crippen LogP contribution in [0, 0.1) is 0 Å². The molecule has 0 aromatic carbocycles. The van der Waals surface area contributed by atoms with Crippen LogP contribution in [0.5, 0.6) is 0 Å². The average Bonchev–Trinajstić information content (AvgIpc) is 2.89. The van der Waals surface area contributed by atoms with Gasteiger partial charge in [-0.15, -0.1) is 0 Å². The summed E-state index contributed by atoms with van der Waals surface area (Å²) in [4.78, 5) is 0. The average molecular weight is 398 g/mol. The van der Waals surface area contributed by atoms with Crippen LogP contribution in [0.4, 0.5) is 0 Å². The van der Waals surface area contributed by atoms with Crippen molar-refractivity contribution < 1.29 is 24.0 Å². The molecule has 0 amide bonds. The van der Waals surface area contributed by atoms with E-state index in [9.17, 15) is 0 Å². The van der Waals surface area contributed by atoms with Crippen molar-refractivity contribution in [3.8, 4) is 0 Å². The topological polar surface area (TPSA) is 0 Å². The molecule has 1 saturated heterocycles.